The highest BCUT2D eigenvalue weighted by Gasteiger charge is 1.63. The molecule has 0 heterocycles. The minimum Gasteiger partial charge on any atom is -0.195 e. The van der Waals surface area contributed by atoms with Crippen molar-refractivity contribution in [1.29, 1.82) is 0 Å². The van der Waals surface area contributed by atoms with Gasteiger partial charge in [-0.1, -0.05) is 6.58 Å². The molecule has 0 bridgehead atoms. The standard InChI is InChI=1S/C2H2FS/c1-2(3)4/h1H2. The first-order chi connectivity index (χ1) is 1.73. The molecule has 0 amide bonds. The van der Waals surface area contributed by atoms with Crippen molar-refractivity contribution in [3.8, 4) is 0 Å². The highest BCUT2D eigenvalue weighted by molar-refractivity contribution is 7.84. The summed E-state index contributed by atoms with van der Waals surface area (Å²) in [6.07, 6.45) is 0. The number of rotatable bonds is 0. The van der Waals surface area contributed by atoms with Crippen molar-refractivity contribution in [3.05, 3.63) is 11.7 Å². The van der Waals surface area contributed by atoms with Gasteiger partial charge in [0.1, 0.15) is 0 Å². The fourth-order valence-corrected chi connectivity index (χ4v) is 0. The molecule has 0 spiro atoms. The Morgan fingerprint density at radius 3 is 2.00 bits per heavy atom. The van der Waals surface area contributed by atoms with Crippen molar-refractivity contribution in [1.82, 2.24) is 0 Å². The van der Waals surface area contributed by atoms with Gasteiger partial charge in [0.05, 0.1) is 0 Å². The first-order valence-corrected chi connectivity index (χ1v) is 1.15. The van der Waals surface area contributed by atoms with Crippen molar-refractivity contribution in [2.24, 2.45) is 0 Å². The molecule has 0 aromatic heterocycles. The molecule has 0 fully saturated rings. The molecule has 0 aliphatic carbocycles. The molecular formula is C2H2FS. The zero-order valence-electron chi connectivity index (χ0n) is 1.99. The highest BCUT2D eigenvalue weighted by Crippen LogP contribution is 1.91. The van der Waals surface area contributed by atoms with E-state index in [1.54, 1.807) is 0 Å². The maximum atomic E-state index is 10.6. The largest absolute Gasteiger partial charge is 0.195 e. The summed E-state index contributed by atoms with van der Waals surface area (Å²) in [4.78, 5) is 0. The Morgan fingerprint density at radius 2 is 2.00 bits per heavy atom. The van der Waals surface area contributed by atoms with Crippen LogP contribution in [0.2, 0.25) is 0 Å². The zero-order chi connectivity index (χ0) is 3.58. The first-order valence-electron chi connectivity index (χ1n) is 0.747. The molecule has 0 nitrogen and oxygen atoms in total. The van der Waals surface area contributed by atoms with Crippen LogP contribution in [0, 0.1) is 0 Å². The summed E-state index contributed by atoms with van der Waals surface area (Å²) in [5.41, 5.74) is 0. The summed E-state index contributed by atoms with van der Waals surface area (Å²) >= 11 is 3.76. The van der Waals surface area contributed by atoms with Gasteiger partial charge in [-0.25, -0.2) is 0 Å². The van der Waals surface area contributed by atoms with Crippen LogP contribution in [0.5, 0.6) is 0 Å². The maximum Gasteiger partial charge on any atom is 0.179 e. The third-order valence-electron chi connectivity index (χ3n) is 0. The van der Waals surface area contributed by atoms with E-state index in [4.69, 9.17) is 0 Å². The van der Waals surface area contributed by atoms with Gasteiger partial charge in [0, 0.05) is 0 Å². The average Bonchev–Trinajstić information content (AvgIpc) is 0.811. The summed E-state index contributed by atoms with van der Waals surface area (Å²) in [5.74, 6) is 0. The van der Waals surface area contributed by atoms with E-state index in [1.807, 2.05) is 0 Å². The van der Waals surface area contributed by atoms with Gasteiger partial charge in [-0.3, -0.25) is 0 Å². The van der Waals surface area contributed by atoms with E-state index in [2.05, 4.69) is 19.2 Å². The van der Waals surface area contributed by atoms with Gasteiger partial charge in [0.2, 0.25) is 0 Å². The third kappa shape index (κ3) is 124. The van der Waals surface area contributed by atoms with E-state index in [1.165, 1.54) is 0 Å². The smallest absolute Gasteiger partial charge is 0.179 e. The summed E-state index contributed by atoms with van der Waals surface area (Å²) in [6, 6.07) is 0. The fourth-order valence-electron chi connectivity index (χ4n) is 0. The highest BCUT2D eigenvalue weighted by atomic mass is 32.1. The molecular weight excluding hydrogens is 75.1 g/mol. The summed E-state index contributed by atoms with van der Waals surface area (Å²) in [5, 5.41) is -0.750. The zero-order valence-corrected chi connectivity index (χ0v) is 2.81. The lowest BCUT2D eigenvalue weighted by Gasteiger charge is -1.55. The fraction of sp³-hybridized carbons (Fsp3) is 0. The van der Waals surface area contributed by atoms with E-state index in [9.17, 15) is 4.39 Å². The molecule has 0 atom stereocenters. The van der Waals surface area contributed by atoms with Crippen molar-refractivity contribution < 1.29 is 4.39 Å². The van der Waals surface area contributed by atoms with Crippen LogP contribution in [0.25, 0.3) is 0 Å². The molecule has 0 aliphatic rings. The molecule has 0 aromatic carbocycles. The van der Waals surface area contributed by atoms with Gasteiger partial charge in [-0.2, -0.15) is 4.39 Å². The lowest BCUT2D eigenvalue weighted by Crippen LogP contribution is -1.29. The molecule has 0 saturated carbocycles. The molecule has 0 aliphatic heterocycles. The lowest BCUT2D eigenvalue weighted by atomic mass is 11.2. The van der Waals surface area contributed by atoms with Crippen LogP contribution in [-0.4, -0.2) is 0 Å². The normalized spacial score (nSPS) is 6.25. The van der Waals surface area contributed by atoms with Crippen LogP contribution < -0.4 is 0 Å². The van der Waals surface area contributed by atoms with E-state index < -0.39 is 5.16 Å². The van der Waals surface area contributed by atoms with E-state index in [-0.39, 0.29) is 0 Å². The summed E-state index contributed by atoms with van der Waals surface area (Å²) < 4.78 is 10.6. The van der Waals surface area contributed by atoms with Crippen LogP contribution in [0.4, 0.5) is 4.39 Å². The summed E-state index contributed by atoms with van der Waals surface area (Å²) in [7, 11) is 0. The average molecular weight is 77.1 g/mol. The quantitative estimate of drug-likeness (QED) is 0.412. The Balaban J connectivity index is 2.80. The van der Waals surface area contributed by atoms with Crippen LogP contribution >= 0.6 is 12.6 Å². The molecule has 2 heteroatoms. The molecule has 0 saturated heterocycles. The maximum absolute atomic E-state index is 10.6. The second kappa shape index (κ2) is 1.24. The van der Waals surface area contributed by atoms with E-state index >= 15 is 0 Å². The summed E-state index contributed by atoms with van der Waals surface area (Å²) in [6.45, 7) is 2.70. The van der Waals surface area contributed by atoms with Gasteiger partial charge < -0.3 is 0 Å². The Morgan fingerprint density at radius 1 is 2.00 bits per heavy atom. The Hall–Kier alpha value is -0.110. The van der Waals surface area contributed by atoms with Crippen molar-refractivity contribution in [2.45, 2.75) is 0 Å². The van der Waals surface area contributed by atoms with Gasteiger partial charge in [0.25, 0.3) is 0 Å². The molecule has 0 N–H and O–H groups in total. The third-order valence-corrected chi connectivity index (χ3v) is 0. The number of hydrogen-bond acceptors (Lipinski definition) is 0. The Kier molecular flexibility index (Phi) is 1.20. The predicted octanol–water partition coefficient (Wildman–Crippen LogP) is 1.62. The van der Waals surface area contributed by atoms with Crippen molar-refractivity contribution in [2.75, 3.05) is 0 Å². The Labute approximate surface area is 29.7 Å². The van der Waals surface area contributed by atoms with Crippen molar-refractivity contribution in [3.63, 3.8) is 0 Å². The van der Waals surface area contributed by atoms with Crippen LogP contribution in [0.15, 0.2) is 11.7 Å². The second-order valence-electron chi connectivity index (χ2n) is 0.355. The number of hydrogen-bond donors (Lipinski definition) is 0. The predicted molar refractivity (Wildman–Crippen MR) is 17.8 cm³/mol. The molecule has 23 valence electrons. The van der Waals surface area contributed by atoms with E-state index in [0.717, 1.165) is 0 Å². The molecule has 4 heavy (non-hydrogen) atoms. The van der Waals surface area contributed by atoms with E-state index in [0.29, 0.717) is 0 Å². The van der Waals surface area contributed by atoms with Crippen LogP contribution in [0.1, 0.15) is 0 Å². The molecule has 1 radical (unpaired) electrons. The van der Waals surface area contributed by atoms with Gasteiger partial charge in [-0.15, -0.1) is 0 Å². The topological polar surface area (TPSA) is 0 Å². The van der Waals surface area contributed by atoms with Crippen LogP contribution in [-0.2, 0) is 0 Å². The van der Waals surface area contributed by atoms with Crippen molar-refractivity contribution >= 4 is 12.6 Å². The monoisotopic (exact) mass is 77.0 g/mol. The molecule has 0 aromatic rings. The Bertz CT molecular complexity index is 29.0. The van der Waals surface area contributed by atoms with Gasteiger partial charge in [0.15, 0.2) is 5.16 Å². The second-order valence-corrected chi connectivity index (χ2v) is 0.798. The minimum atomic E-state index is -0.750. The molecule has 0 rings (SSSR count). The van der Waals surface area contributed by atoms with Gasteiger partial charge >= 0.3 is 0 Å². The minimum absolute atomic E-state index is 0.750. The first kappa shape index (κ1) is 3.89. The lowest BCUT2D eigenvalue weighted by molar-refractivity contribution is 0.706. The van der Waals surface area contributed by atoms with Gasteiger partial charge in [-0.05, 0) is 12.6 Å². The molecule has 0 unspecified atom stereocenters. The SMILES string of the molecule is C=C(F)[S]. The van der Waals surface area contributed by atoms with Crippen LogP contribution in [0.3, 0.4) is 0 Å². The number of halogens is 1.